The molecular formula is C23H54NO6Si2+. The fourth-order valence-corrected chi connectivity index (χ4v) is 12.1. The first kappa shape index (κ1) is 32.2. The van der Waals surface area contributed by atoms with E-state index in [-0.39, 0.29) is 5.16 Å². The van der Waals surface area contributed by atoms with Crippen LogP contribution in [0, 0.1) is 0 Å². The third kappa shape index (κ3) is 10.6. The predicted octanol–water partition coefficient (Wildman–Crippen LogP) is 5.04. The summed E-state index contributed by atoms with van der Waals surface area (Å²) in [5.74, 6) is 0. The lowest BCUT2D eigenvalue weighted by molar-refractivity contribution is -0.890. The second kappa shape index (κ2) is 17.6. The summed E-state index contributed by atoms with van der Waals surface area (Å²) in [6, 6.07) is 0. The van der Waals surface area contributed by atoms with Gasteiger partial charge < -0.3 is 31.0 Å². The van der Waals surface area contributed by atoms with Crippen molar-refractivity contribution in [3.05, 3.63) is 0 Å². The van der Waals surface area contributed by atoms with Crippen LogP contribution in [0.1, 0.15) is 77.6 Å². The molecule has 0 aliphatic rings. The zero-order valence-corrected chi connectivity index (χ0v) is 24.7. The lowest BCUT2D eigenvalue weighted by Gasteiger charge is -2.41. The van der Waals surface area contributed by atoms with Crippen molar-refractivity contribution in [1.82, 2.24) is 0 Å². The van der Waals surface area contributed by atoms with Crippen LogP contribution >= 0.6 is 0 Å². The van der Waals surface area contributed by atoms with Crippen LogP contribution in [0.3, 0.4) is 0 Å². The van der Waals surface area contributed by atoms with Crippen molar-refractivity contribution >= 4 is 17.6 Å². The number of unbranched alkanes of at least 4 members (excludes halogenated alkanes) is 9. The smallest absolute Gasteiger partial charge is 0.377 e. The zero-order valence-electron chi connectivity index (χ0n) is 22.7. The molecule has 0 amide bonds. The van der Waals surface area contributed by atoms with Gasteiger partial charge in [-0.1, -0.05) is 58.3 Å². The van der Waals surface area contributed by atoms with E-state index in [1.807, 2.05) is 0 Å². The minimum Gasteiger partial charge on any atom is -0.377 e. The Labute approximate surface area is 201 Å². The van der Waals surface area contributed by atoms with Crippen LogP contribution in [-0.2, 0) is 26.6 Å². The number of nitrogens with zero attached hydrogens (tertiary/aromatic N) is 1. The lowest BCUT2D eigenvalue weighted by Crippen LogP contribution is -2.63. The van der Waals surface area contributed by atoms with Crippen molar-refractivity contribution in [2.45, 2.75) is 82.7 Å². The molecule has 0 spiro atoms. The molecule has 0 atom stereocenters. The second-order valence-corrected chi connectivity index (χ2v) is 16.2. The van der Waals surface area contributed by atoms with E-state index in [0.717, 1.165) is 24.0 Å². The largest absolute Gasteiger partial charge is 0.508 e. The highest BCUT2D eigenvalue weighted by molar-refractivity contribution is 6.82. The highest BCUT2D eigenvalue weighted by atomic mass is 28.5. The van der Waals surface area contributed by atoms with Crippen LogP contribution in [0.15, 0.2) is 0 Å². The molecule has 0 aromatic heterocycles. The van der Waals surface area contributed by atoms with Gasteiger partial charge in [0, 0.05) is 49.1 Å². The quantitative estimate of drug-likeness (QED) is 0.119. The molecule has 7 nitrogen and oxygen atoms in total. The molecule has 0 bridgehead atoms. The van der Waals surface area contributed by atoms with Crippen LogP contribution in [0.5, 0.6) is 0 Å². The van der Waals surface area contributed by atoms with Crippen LogP contribution in [0.25, 0.3) is 0 Å². The summed E-state index contributed by atoms with van der Waals surface area (Å²) in [5, 5.41) is -0.194. The Balaban J connectivity index is 4.72. The van der Waals surface area contributed by atoms with Gasteiger partial charge in [0.05, 0.1) is 27.2 Å². The molecule has 0 unspecified atom stereocenters. The molecule has 0 saturated carbocycles. The maximum absolute atomic E-state index is 5.82. The normalized spacial score (nSPS) is 13.3. The summed E-state index contributed by atoms with van der Waals surface area (Å²) in [6.45, 7) is 4.36. The molecule has 0 rings (SSSR count). The summed E-state index contributed by atoms with van der Waals surface area (Å²) in [5.41, 5.74) is 0. The summed E-state index contributed by atoms with van der Waals surface area (Å²) < 4.78 is 35.9. The molecule has 0 aliphatic heterocycles. The van der Waals surface area contributed by atoms with Gasteiger partial charge in [-0.15, -0.1) is 0 Å². The molecule has 0 radical (unpaired) electrons. The van der Waals surface area contributed by atoms with Crippen molar-refractivity contribution < 1.29 is 31.0 Å². The maximum atomic E-state index is 5.82. The molecule has 0 heterocycles. The van der Waals surface area contributed by atoms with E-state index in [9.17, 15) is 0 Å². The first-order valence-electron chi connectivity index (χ1n) is 12.4. The van der Waals surface area contributed by atoms with E-state index in [4.69, 9.17) is 26.6 Å². The Morgan fingerprint density at radius 3 is 1.22 bits per heavy atom. The van der Waals surface area contributed by atoms with E-state index in [1.165, 1.54) is 64.2 Å². The van der Waals surface area contributed by atoms with Gasteiger partial charge in [-0.05, 0) is 12.8 Å². The molecule has 32 heavy (non-hydrogen) atoms. The van der Waals surface area contributed by atoms with Crippen LogP contribution in [-0.4, -0.2) is 91.9 Å². The molecule has 0 N–H and O–H groups in total. The molecule has 0 aromatic rings. The van der Waals surface area contributed by atoms with Gasteiger partial charge in [-0.25, -0.2) is 0 Å². The Hall–Kier alpha value is 0.154. The van der Waals surface area contributed by atoms with Gasteiger partial charge in [0.25, 0.3) is 0 Å². The molecule has 0 aliphatic carbocycles. The average Bonchev–Trinajstić information content (AvgIpc) is 2.80. The topological polar surface area (TPSA) is 55.4 Å². The lowest BCUT2D eigenvalue weighted by atomic mass is 10.1. The van der Waals surface area contributed by atoms with Gasteiger partial charge in [0.1, 0.15) is 5.16 Å². The highest BCUT2D eigenvalue weighted by Crippen LogP contribution is 2.38. The molecule has 0 fully saturated rings. The Bertz CT molecular complexity index is 412. The fraction of sp³-hybridized carbons (Fsp3) is 1.00. The van der Waals surface area contributed by atoms with Crippen molar-refractivity contribution in [3.63, 3.8) is 0 Å². The monoisotopic (exact) mass is 496 g/mol. The number of quaternary nitrogens is 1. The number of rotatable bonds is 22. The summed E-state index contributed by atoms with van der Waals surface area (Å²) in [4.78, 5) is 0. The highest BCUT2D eigenvalue weighted by Gasteiger charge is 2.64. The third-order valence-electron chi connectivity index (χ3n) is 6.70. The van der Waals surface area contributed by atoms with Crippen molar-refractivity contribution in [3.8, 4) is 0 Å². The van der Waals surface area contributed by atoms with Crippen LogP contribution in [0.2, 0.25) is 5.16 Å². The van der Waals surface area contributed by atoms with Gasteiger partial charge in [-0.2, -0.15) is 0 Å². The zero-order chi connectivity index (χ0) is 24.5. The van der Waals surface area contributed by atoms with E-state index in [2.05, 4.69) is 21.0 Å². The standard InChI is InChI=1S/C23H54NO6Si2/c1-10-11-12-13-14-15-16-17-18-19-21-24(2,3)22-20-23(31(25-4,26-5)27-6)32(28-7,29-8)30-9/h23H,10-22H2,1-9H3/q+1. The summed E-state index contributed by atoms with van der Waals surface area (Å²) >= 11 is 0. The minimum atomic E-state index is -3.03. The van der Waals surface area contributed by atoms with E-state index >= 15 is 0 Å². The third-order valence-corrected chi connectivity index (χ3v) is 14.5. The van der Waals surface area contributed by atoms with Gasteiger partial charge in [0.15, 0.2) is 0 Å². The van der Waals surface area contributed by atoms with Crippen molar-refractivity contribution in [2.24, 2.45) is 0 Å². The predicted molar refractivity (Wildman–Crippen MR) is 136 cm³/mol. The summed E-state index contributed by atoms with van der Waals surface area (Å²) in [7, 11) is 8.32. The molecule has 194 valence electrons. The Morgan fingerprint density at radius 2 is 0.875 bits per heavy atom. The van der Waals surface area contributed by atoms with Gasteiger partial charge in [0.2, 0.25) is 0 Å². The van der Waals surface area contributed by atoms with Crippen LogP contribution < -0.4 is 0 Å². The van der Waals surface area contributed by atoms with Gasteiger partial charge in [-0.3, -0.25) is 0 Å². The second-order valence-electron chi connectivity index (χ2n) is 9.34. The SMILES string of the molecule is CCCCCCCCCCCC[N+](C)(C)CCC([Si](OC)(OC)OC)[Si](OC)(OC)OC. The van der Waals surface area contributed by atoms with Crippen molar-refractivity contribution in [2.75, 3.05) is 69.8 Å². The first-order chi connectivity index (χ1) is 15.3. The maximum Gasteiger partial charge on any atom is 0.508 e. The molecule has 9 heteroatoms. The molecular weight excluding hydrogens is 442 g/mol. The molecule has 0 saturated heterocycles. The Kier molecular flexibility index (Phi) is 17.7. The van der Waals surface area contributed by atoms with E-state index in [1.54, 1.807) is 42.7 Å². The average molecular weight is 497 g/mol. The number of hydrogen-bond acceptors (Lipinski definition) is 6. The van der Waals surface area contributed by atoms with Crippen LogP contribution in [0.4, 0.5) is 0 Å². The van der Waals surface area contributed by atoms with E-state index < -0.39 is 17.6 Å². The van der Waals surface area contributed by atoms with E-state index in [0.29, 0.717) is 0 Å². The fourth-order valence-electron chi connectivity index (χ4n) is 4.54. The number of hydrogen-bond donors (Lipinski definition) is 0. The van der Waals surface area contributed by atoms with Gasteiger partial charge >= 0.3 is 17.6 Å². The molecule has 0 aromatic carbocycles. The van der Waals surface area contributed by atoms with Crippen molar-refractivity contribution in [1.29, 1.82) is 0 Å². The first-order valence-corrected chi connectivity index (χ1v) is 16.0. The minimum absolute atomic E-state index is 0.194. The Morgan fingerprint density at radius 1 is 0.531 bits per heavy atom. The summed E-state index contributed by atoms with van der Waals surface area (Å²) in [6.07, 6.45) is 14.4.